The van der Waals surface area contributed by atoms with Crippen molar-refractivity contribution in [1.82, 2.24) is 10.2 Å². The standard InChI is InChI=1S/C14H27N3O/c1-2-3-5-8-16-13(12-15)11-14(18)17-9-6-4-7-10-17/h2-3,13,16H,4-12,15H2,1H3/b3-2+. The lowest BCUT2D eigenvalue weighted by Crippen LogP contribution is -2.43. The van der Waals surface area contributed by atoms with E-state index in [-0.39, 0.29) is 11.9 Å². The summed E-state index contributed by atoms with van der Waals surface area (Å²) in [6, 6.07) is 0.115. The second kappa shape index (κ2) is 9.11. The number of nitrogens with two attached hydrogens (primary N) is 1. The third kappa shape index (κ3) is 5.65. The van der Waals surface area contributed by atoms with E-state index in [2.05, 4.69) is 11.4 Å². The van der Waals surface area contributed by atoms with Gasteiger partial charge in [-0.3, -0.25) is 4.79 Å². The minimum atomic E-state index is 0.115. The molecule has 0 bridgehead atoms. The molecule has 3 N–H and O–H groups in total. The zero-order chi connectivity index (χ0) is 13.2. The first-order valence-electron chi connectivity index (χ1n) is 7.10. The fourth-order valence-corrected chi connectivity index (χ4v) is 2.26. The van der Waals surface area contributed by atoms with E-state index < -0.39 is 0 Å². The molecule has 4 nitrogen and oxygen atoms in total. The maximum absolute atomic E-state index is 12.1. The summed E-state index contributed by atoms with van der Waals surface area (Å²) in [5, 5.41) is 3.35. The number of rotatable bonds is 7. The van der Waals surface area contributed by atoms with Gasteiger partial charge in [0.15, 0.2) is 0 Å². The normalized spacial score (nSPS) is 18.2. The Bertz CT molecular complexity index is 260. The van der Waals surface area contributed by atoms with Crippen molar-refractivity contribution in [2.24, 2.45) is 5.73 Å². The van der Waals surface area contributed by atoms with E-state index in [1.165, 1.54) is 6.42 Å². The average Bonchev–Trinajstić information content (AvgIpc) is 2.43. The first kappa shape index (κ1) is 15.2. The lowest BCUT2D eigenvalue weighted by molar-refractivity contribution is -0.132. The molecule has 0 aromatic carbocycles. The highest BCUT2D eigenvalue weighted by Gasteiger charge is 2.19. The van der Waals surface area contributed by atoms with Gasteiger partial charge in [0.1, 0.15) is 0 Å². The van der Waals surface area contributed by atoms with Crippen LogP contribution in [0.2, 0.25) is 0 Å². The van der Waals surface area contributed by atoms with Crippen molar-refractivity contribution in [2.45, 2.75) is 45.1 Å². The van der Waals surface area contributed by atoms with Crippen LogP contribution in [0.1, 0.15) is 39.0 Å². The lowest BCUT2D eigenvalue weighted by atomic mass is 10.1. The van der Waals surface area contributed by atoms with E-state index >= 15 is 0 Å². The van der Waals surface area contributed by atoms with Gasteiger partial charge in [0.2, 0.25) is 5.91 Å². The molecule has 1 aliphatic heterocycles. The van der Waals surface area contributed by atoms with Crippen molar-refractivity contribution in [3.63, 3.8) is 0 Å². The lowest BCUT2D eigenvalue weighted by Gasteiger charge is -2.28. The number of amides is 1. The van der Waals surface area contributed by atoms with Crippen LogP contribution in [0, 0.1) is 0 Å². The summed E-state index contributed by atoms with van der Waals surface area (Å²) in [5.41, 5.74) is 5.71. The van der Waals surface area contributed by atoms with Crippen molar-refractivity contribution in [3.8, 4) is 0 Å². The quantitative estimate of drug-likeness (QED) is 0.531. The van der Waals surface area contributed by atoms with Gasteiger partial charge in [0.25, 0.3) is 0 Å². The molecule has 4 heteroatoms. The molecule has 0 saturated carbocycles. The van der Waals surface area contributed by atoms with E-state index in [9.17, 15) is 4.79 Å². The van der Waals surface area contributed by atoms with Crippen LogP contribution in [-0.4, -0.2) is 43.0 Å². The Balaban J connectivity index is 2.25. The van der Waals surface area contributed by atoms with Crippen LogP contribution in [-0.2, 0) is 4.79 Å². The predicted octanol–water partition coefficient (Wildman–Crippen LogP) is 1.27. The van der Waals surface area contributed by atoms with Gasteiger partial charge in [-0.2, -0.15) is 0 Å². The Kier molecular flexibility index (Phi) is 7.69. The molecule has 18 heavy (non-hydrogen) atoms. The molecule has 1 unspecified atom stereocenters. The fraction of sp³-hybridized carbons (Fsp3) is 0.786. The molecule has 0 radical (unpaired) electrons. The zero-order valence-electron chi connectivity index (χ0n) is 11.5. The van der Waals surface area contributed by atoms with Crippen molar-refractivity contribution in [3.05, 3.63) is 12.2 Å². The van der Waals surface area contributed by atoms with Crippen LogP contribution < -0.4 is 11.1 Å². The maximum atomic E-state index is 12.1. The van der Waals surface area contributed by atoms with Crippen LogP contribution in [0.4, 0.5) is 0 Å². The number of piperidine rings is 1. The molecule has 0 aromatic heterocycles. The van der Waals surface area contributed by atoms with Crippen molar-refractivity contribution < 1.29 is 4.79 Å². The molecule has 1 rings (SSSR count). The SMILES string of the molecule is C/C=C/CCNC(CN)CC(=O)N1CCCCC1. The maximum Gasteiger partial charge on any atom is 0.224 e. The summed E-state index contributed by atoms with van der Waals surface area (Å²) in [4.78, 5) is 14.1. The monoisotopic (exact) mass is 253 g/mol. The predicted molar refractivity (Wildman–Crippen MR) is 75.3 cm³/mol. The van der Waals surface area contributed by atoms with Gasteiger partial charge >= 0.3 is 0 Å². The number of likely N-dealkylation sites (tertiary alicyclic amines) is 1. The van der Waals surface area contributed by atoms with Crippen LogP contribution >= 0.6 is 0 Å². The van der Waals surface area contributed by atoms with Crippen LogP contribution in [0.5, 0.6) is 0 Å². The van der Waals surface area contributed by atoms with Gasteiger partial charge in [-0.25, -0.2) is 0 Å². The number of allylic oxidation sites excluding steroid dienone is 1. The van der Waals surface area contributed by atoms with Gasteiger partial charge in [0.05, 0.1) is 0 Å². The van der Waals surface area contributed by atoms with Gasteiger partial charge in [0, 0.05) is 32.1 Å². The van der Waals surface area contributed by atoms with E-state index in [0.29, 0.717) is 13.0 Å². The minimum Gasteiger partial charge on any atom is -0.343 e. The Labute approximate surface area is 111 Å². The van der Waals surface area contributed by atoms with E-state index in [0.717, 1.165) is 38.9 Å². The summed E-state index contributed by atoms with van der Waals surface area (Å²) in [5.74, 6) is 0.253. The highest BCUT2D eigenvalue weighted by Crippen LogP contribution is 2.10. The minimum absolute atomic E-state index is 0.115. The summed E-state index contributed by atoms with van der Waals surface area (Å²) in [6.07, 6.45) is 9.23. The molecular weight excluding hydrogens is 226 g/mol. The van der Waals surface area contributed by atoms with Crippen molar-refractivity contribution in [2.75, 3.05) is 26.2 Å². The number of nitrogens with zero attached hydrogens (tertiary/aromatic N) is 1. The molecule has 1 amide bonds. The number of carbonyl (C=O) groups excluding carboxylic acids is 1. The van der Waals surface area contributed by atoms with E-state index in [1.54, 1.807) is 0 Å². The second-order valence-electron chi connectivity index (χ2n) is 4.89. The Morgan fingerprint density at radius 3 is 2.72 bits per heavy atom. The molecule has 0 aromatic rings. The van der Waals surface area contributed by atoms with E-state index in [4.69, 9.17) is 5.73 Å². The first-order valence-corrected chi connectivity index (χ1v) is 7.10. The summed E-state index contributed by atoms with van der Waals surface area (Å²) in [7, 11) is 0. The Morgan fingerprint density at radius 1 is 1.39 bits per heavy atom. The Hall–Kier alpha value is -0.870. The molecular formula is C14H27N3O. The van der Waals surface area contributed by atoms with E-state index in [1.807, 2.05) is 17.9 Å². The zero-order valence-corrected chi connectivity index (χ0v) is 11.5. The third-order valence-electron chi connectivity index (χ3n) is 3.39. The van der Waals surface area contributed by atoms with Gasteiger partial charge in [-0.05, 0) is 39.2 Å². The highest BCUT2D eigenvalue weighted by molar-refractivity contribution is 5.76. The first-order chi connectivity index (χ1) is 8.77. The van der Waals surface area contributed by atoms with Crippen LogP contribution in [0.25, 0.3) is 0 Å². The average molecular weight is 253 g/mol. The van der Waals surface area contributed by atoms with Gasteiger partial charge < -0.3 is 16.0 Å². The summed E-state index contributed by atoms with van der Waals surface area (Å²) in [6.45, 7) is 5.28. The van der Waals surface area contributed by atoms with Crippen LogP contribution in [0.3, 0.4) is 0 Å². The largest absolute Gasteiger partial charge is 0.343 e. The molecule has 104 valence electrons. The van der Waals surface area contributed by atoms with Crippen molar-refractivity contribution >= 4 is 5.91 Å². The molecule has 1 heterocycles. The molecule has 1 fully saturated rings. The second-order valence-corrected chi connectivity index (χ2v) is 4.89. The molecule has 1 saturated heterocycles. The summed E-state index contributed by atoms with van der Waals surface area (Å²) < 4.78 is 0. The molecule has 0 aliphatic carbocycles. The molecule has 0 spiro atoms. The number of carbonyl (C=O) groups is 1. The number of hydrogen-bond donors (Lipinski definition) is 2. The fourth-order valence-electron chi connectivity index (χ4n) is 2.26. The summed E-state index contributed by atoms with van der Waals surface area (Å²) >= 11 is 0. The van der Waals surface area contributed by atoms with Crippen LogP contribution in [0.15, 0.2) is 12.2 Å². The smallest absolute Gasteiger partial charge is 0.224 e. The van der Waals surface area contributed by atoms with Gasteiger partial charge in [-0.1, -0.05) is 12.2 Å². The Morgan fingerprint density at radius 2 is 2.11 bits per heavy atom. The number of hydrogen-bond acceptors (Lipinski definition) is 3. The topological polar surface area (TPSA) is 58.4 Å². The van der Waals surface area contributed by atoms with Gasteiger partial charge in [-0.15, -0.1) is 0 Å². The third-order valence-corrected chi connectivity index (χ3v) is 3.39. The van der Waals surface area contributed by atoms with Crippen molar-refractivity contribution in [1.29, 1.82) is 0 Å². The molecule has 1 atom stereocenters. The molecule has 1 aliphatic rings. The highest BCUT2D eigenvalue weighted by atomic mass is 16.2. The number of nitrogens with one attached hydrogen (secondary N) is 1.